The number of aryl methyl sites for hydroxylation is 4. The second-order valence-electron chi connectivity index (χ2n) is 14.6. The molecule has 0 unspecified atom stereocenters. The minimum atomic E-state index is -4.63. The SMILES string of the molecule is COc1c(C)cc(Oc2c(C)cc(Oc3c(C)cc(C)c(C(=O)c4cccc(S(=O)(=O)O)c4)c3C)c(C(=O)c3ccccc3)c2C)c(C(=O)c2c(F)c(F)c(F)c(F)c2F)c1C. The van der Waals surface area contributed by atoms with E-state index in [2.05, 4.69) is 0 Å². The molecule has 0 spiro atoms. The number of benzene rings is 6. The van der Waals surface area contributed by atoms with Crippen molar-refractivity contribution in [1.29, 1.82) is 0 Å². The zero-order valence-corrected chi connectivity index (χ0v) is 35.3. The fraction of sp³-hybridized carbons (Fsp3) is 0.170. The summed E-state index contributed by atoms with van der Waals surface area (Å²) in [5.74, 6) is -14.7. The summed E-state index contributed by atoms with van der Waals surface area (Å²) in [7, 11) is -3.37. The minimum absolute atomic E-state index is 0.00261. The van der Waals surface area contributed by atoms with E-state index in [9.17, 15) is 40.5 Å². The summed E-state index contributed by atoms with van der Waals surface area (Å²) in [4.78, 5) is 42.0. The Kier molecular flexibility index (Phi) is 12.3. The first kappa shape index (κ1) is 44.8. The van der Waals surface area contributed by atoms with Gasteiger partial charge in [0.05, 0.1) is 23.1 Å². The molecule has 0 atom stereocenters. The molecule has 0 amide bonds. The van der Waals surface area contributed by atoms with Crippen LogP contribution in [0.1, 0.15) is 86.7 Å². The van der Waals surface area contributed by atoms with E-state index in [1.807, 2.05) is 0 Å². The zero-order chi connectivity index (χ0) is 45.7. The largest absolute Gasteiger partial charge is 0.496 e. The summed E-state index contributed by atoms with van der Waals surface area (Å²) in [6.45, 7) is 11.0. The molecule has 15 heteroatoms. The Morgan fingerprint density at radius 2 is 0.919 bits per heavy atom. The molecule has 320 valence electrons. The molecule has 6 aromatic rings. The van der Waals surface area contributed by atoms with Gasteiger partial charge in [-0.25, -0.2) is 22.0 Å². The molecule has 0 aliphatic carbocycles. The van der Waals surface area contributed by atoms with Crippen LogP contribution in [0.15, 0.2) is 77.7 Å². The summed E-state index contributed by atoms with van der Waals surface area (Å²) in [6, 6.07) is 17.4. The third-order valence-electron chi connectivity index (χ3n) is 10.4. The molecule has 0 fully saturated rings. The third-order valence-corrected chi connectivity index (χ3v) is 11.3. The van der Waals surface area contributed by atoms with Gasteiger partial charge in [0.2, 0.25) is 11.6 Å². The van der Waals surface area contributed by atoms with E-state index in [1.54, 1.807) is 71.0 Å². The molecular weight excluding hydrogens is 836 g/mol. The van der Waals surface area contributed by atoms with Crippen molar-refractivity contribution in [3.05, 3.63) is 174 Å². The lowest BCUT2D eigenvalue weighted by Crippen LogP contribution is -2.16. The molecule has 1 N–H and O–H groups in total. The zero-order valence-electron chi connectivity index (χ0n) is 34.4. The van der Waals surface area contributed by atoms with E-state index < -0.39 is 72.6 Å². The Hall–Kier alpha value is -6.71. The van der Waals surface area contributed by atoms with Crippen LogP contribution in [0.5, 0.6) is 28.7 Å². The van der Waals surface area contributed by atoms with Gasteiger partial charge in [-0.3, -0.25) is 18.9 Å². The monoisotopic (exact) mass is 872 g/mol. The van der Waals surface area contributed by atoms with E-state index in [4.69, 9.17) is 14.2 Å². The first-order chi connectivity index (χ1) is 29.1. The van der Waals surface area contributed by atoms with Gasteiger partial charge in [-0.2, -0.15) is 8.42 Å². The maximum atomic E-state index is 15.1. The van der Waals surface area contributed by atoms with E-state index in [0.717, 1.165) is 12.1 Å². The van der Waals surface area contributed by atoms with Gasteiger partial charge in [-0.1, -0.05) is 48.5 Å². The van der Waals surface area contributed by atoms with Crippen molar-refractivity contribution in [2.75, 3.05) is 7.11 Å². The van der Waals surface area contributed by atoms with Crippen molar-refractivity contribution in [2.24, 2.45) is 0 Å². The van der Waals surface area contributed by atoms with E-state index in [1.165, 1.54) is 45.2 Å². The molecule has 6 rings (SSSR count). The van der Waals surface area contributed by atoms with Crippen LogP contribution in [0.3, 0.4) is 0 Å². The first-order valence-corrected chi connectivity index (χ1v) is 20.1. The lowest BCUT2D eigenvalue weighted by Gasteiger charge is -2.23. The highest BCUT2D eigenvalue weighted by molar-refractivity contribution is 7.85. The summed E-state index contributed by atoms with van der Waals surface area (Å²) >= 11 is 0. The van der Waals surface area contributed by atoms with Gasteiger partial charge >= 0.3 is 0 Å². The van der Waals surface area contributed by atoms with Gasteiger partial charge in [0.15, 0.2) is 34.8 Å². The molecule has 0 heterocycles. The molecule has 0 saturated carbocycles. The molecular formula is C47H37F5O9S. The van der Waals surface area contributed by atoms with Crippen LogP contribution < -0.4 is 14.2 Å². The Balaban J connectivity index is 1.55. The second kappa shape index (κ2) is 17.0. The highest BCUT2D eigenvalue weighted by atomic mass is 32.2. The van der Waals surface area contributed by atoms with Gasteiger partial charge in [0.1, 0.15) is 34.3 Å². The van der Waals surface area contributed by atoms with Crippen molar-refractivity contribution in [3.8, 4) is 28.7 Å². The fourth-order valence-electron chi connectivity index (χ4n) is 7.55. The Labute approximate surface area is 353 Å². The molecule has 9 nitrogen and oxygen atoms in total. The average Bonchev–Trinajstić information content (AvgIpc) is 3.22. The first-order valence-electron chi connectivity index (χ1n) is 18.7. The number of carbonyl (C=O) groups is 3. The summed E-state index contributed by atoms with van der Waals surface area (Å²) in [5.41, 5.74) is 0.178. The van der Waals surface area contributed by atoms with Crippen molar-refractivity contribution in [1.82, 2.24) is 0 Å². The van der Waals surface area contributed by atoms with E-state index in [-0.39, 0.29) is 62.1 Å². The summed E-state index contributed by atoms with van der Waals surface area (Å²) in [5, 5.41) is 0. The number of hydrogen-bond acceptors (Lipinski definition) is 8. The number of halogens is 5. The lowest BCUT2D eigenvalue weighted by molar-refractivity contribution is 0.101. The highest BCUT2D eigenvalue weighted by Gasteiger charge is 2.34. The van der Waals surface area contributed by atoms with Gasteiger partial charge in [-0.05, 0) is 95.0 Å². The van der Waals surface area contributed by atoms with Crippen molar-refractivity contribution >= 4 is 27.5 Å². The summed E-state index contributed by atoms with van der Waals surface area (Å²) < 4.78 is 125. The topological polar surface area (TPSA) is 133 Å². The van der Waals surface area contributed by atoms with Gasteiger partial charge < -0.3 is 14.2 Å². The number of rotatable bonds is 12. The molecule has 0 aliphatic heterocycles. The number of methoxy groups -OCH3 is 1. The van der Waals surface area contributed by atoms with Crippen LogP contribution in [0.25, 0.3) is 0 Å². The number of hydrogen-bond donors (Lipinski definition) is 1. The van der Waals surface area contributed by atoms with Crippen molar-refractivity contribution < 1.29 is 63.5 Å². The van der Waals surface area contributed by atoms with Crippen molar-refractivity contribution in [2.45, 2.75) is 53.4 Å². The number of carbonyl (C=O) groups excluding carboxylic acids is 3. The van der Waals surface area contributed by atoms with Crippen LogP contribution in [0.2, 0.25) is 0 Å². The lowest BCUT2D eigenvalue weighted by atomic mass is 9.91. The molecule has 0 aromatic heterocycles. The molecule has 6 aromatic carbocycles. The fourth-order valence-corrected chi connectivity index (χ4v) is 8.08. The van der Waals surface area contributed by atoms with Gasteiger partial charge in [0, 0.05) is 33.4 Å². The Morgan fingerprint density at radius 1 is 0.484 bits per heavy atom. The Morgan fingerprint density at radius 3 is 1.45 bits per heavy atom. The molecule has 62 heavy (non-hydrogen) atoms. The van der Waals surface area contributed by atoms with E-state index >= 15 is 8.78 Å². The molecule has 0 bridgehead atoms. The van der Waals surface area contributed by atoms with Gasteiger partial charge in [0.25, 0.3) is 10.1 Å². The minimum Gasteiger partial charge on any atom is -0.496 e. The third kappa shape index (κ3) is 7.96. The van der Waals surface area contributed by atoms with Crippen LogP contribution in [0.4, 0.5) is 22.0 Å². The average molecular weight is 873 g/mol. The summed E-state index contributed by atoms with van der Waals surface area (Å²) in [6.07, 6.45) is 0. The molecule has 0 radical (unpaired) electrons. The standard InChI is InChI=1S/C47H37F5O9S/c1-21-17-22(2)46(25(5)33(21)43(54)29-15-12-16-30(20-29)62(56,57)58)60-31-19-24(4)47(27(7)34(31)42(53)28-13-10-9-11-14-28)61-32-18-23(3)45(59-8)26(6)35(32)44(55)36-37(48)39(50)41(52)40(51)38(36)49/h9-20H,1-8H3,(H,56,57,58). The van der Waals surface area contributed by atoms with Crippen LogP contribution in [-0.2, 0) is 10.1 Å². The maximum Gasteiger partial charge on any atom is 0.294 e. The van der Waals surface area contributed by atoms with Gasteiger partial charge in [-0.15, -0.1) is 0 Å². The quantitative estimate of drug-likeness (QED) is 0.0419. The van der Waals surface area contributed by atoms with E-state index in [0.29, 0.717) is 27.8 Å². The van der Waals surface area contributed by atoms with Crippen molar-refractivity contribution in [3.63, 3.8) is 0 Å². The molecule has 0 aliphatic rings. The van der Waals surface area contributed by atoms with Crippen LogP contribution >= 0.6 is 0 Å². The van der Waals surface area contributed by atoms with Crippen LogP contribution in [-0.4, -0.2) is 37.4 Å². The normalized spacial score (nSPS) is 11.4. The predicted octanol–water partition coefficient (Wildman–Crippen LogP) is 11.1. The molecule has 0 saturated heterocycles. The van der Waals surface area contributed by atoms with Crippen LogP contribution in [0, 0.1) is 77.6 Å². The smallest absolute Gasteiger partial charge is 0.294 e. The predicted molar refractivity (Wildman–Crippen MR) is 218 cm³/mol. The number of ketones is 3. The Bertz CT molecular complexity index is 2970. The second-order valence-corrected chi connectivity index (χ2v) is 16.0. The number of ether oxygens (including phenoxy) is 3. The highest BCUT2D eigenvalue weighted by Crippen LogP contribution is 2.44. The maximum absolute atomic E-state index is 15.1.